The van der Waals surface area contributed by atoms with Crippen molar-refractivity contribution in [2.45, 2.75) is 26.8 Å². The molecule has 0 radical (unpaired) electrons. The average molecular weight is 445 g/mol. The first-order chi connectivity index (χ1) is 15.8. The van der Waals surface area contributed by atoms with Crippen molar-refractivity contribution in [1.29, 1.82) is 0 Å². The van der Waals surface area contributed by atoms with Crippen LogP contribution in [-0.4, -0.2) is 23.4 Å². The number of hydrogen-bond acceptors (Lipinski definition) is 4. The molecule has 3 aromatic rings. The third kappa shape index (κ3) is 4.00. The van der Waals surface area contributed by atoms with Crippen LogP contribution >= 0.6 is 0 Å². The fourth-order valence-corrected chi connectivity index (χ4v) is 4.14. The molecule has 1 N–H and O–H groups in total. The number of amides is 1. The van der Waals surface area contributed by atoms with Crippen molar-refractivity contribution in [2.75, 3.05) is 11.5 Å². The van der Waals surface area contributed by atoms with Crippen LogP contribution in [0.25, 0.3) is 5.76 Å². The first-order valence-electron chi connectivity index (χ1n) is 10.7. The Bertz CT molecular complexity index is 1260. The Hall–Kier alpha value is -3.93. The molecule has 0 spiro atoms. The van der Waals surface area contributed by atoms with E-state index >= 15 is 0 Å². The monoisotopic (exact) mass is 445 g/mol. The van der Waals surface area contributed by atoms with Gasteiger partial charge in [0, 0.05) is 11.3 Å². The number of ether oxygens (including phenoxy) is 1. The highest BCUT2D eigenvalue weighted by Gasteiger charge is 2.47. The van der Waals surface area contributed by atoms with Gasteiger partial charge in [0.2, 0.25) is 0 Å². The van der Waals surface area contributed by atoms with Crippen LogP contribution in [-0.2, 0) is 9.59 Å². The zero-order chi connectivity index (χ0) is 23.7. The van der Waals surface area contributed by atoms with Gasteiger partial charge in [0.05, 0.1) is 18.2 Å². The van der Waals surface area contributed by atoms with Gasteiger partial charge in [-0.15, -0.1) is 0 Å². The van der Waals surface area contributed by atoms with Crippen LogP contribution in [0.4, 0.5) is 10.1 Å². The Morgan fingerprint density at radius 1 is 1.00 bits per heavy atom. The van der Waals surface area contributed by atoms with E-state index in [0.717, 1.165) is 11.1 Å². The van der Waals surface area contributed by atoms with Gasteiger partial charge in [-0.2, -0.15) is 0 Å². The van der Waals surface area contributed by atoms with E-state index in [2.05, 4.69) is 0 Å². The van der Waals surface area contributed by atoms with E-state index in [0.29, 0.717) is 29.2 Å². The molecule has 4 rings (SSSR count). The minimum Gasteiger partial charge on any atom is -0.507 e. The molecule has 1 fully saturated rings. The number of carbonyl (C=O) groups is 2. The van der Waals surface area contributed by atoms with Gasteiger partial charge in [-0.05, 0) is 73.9 Å². The number of carbonyl (C=O) groups excluding carboxylic acids is 2. The van der Waals surface area contributed by atoms with Crippen molar-refractivity contribution >= 4 is 23.1 Å². The van der Waals surface area contributed by atoms with Gasteiger partial charge in [-0.25, -0.2) is 4.39 Å². The van der Waals surface area contributed by atoms with E-state index in [9.17, 15) is 19.1 Å². The third-order valence-electron chi connectivity index (χ3n) is 5.75. The number of rotatable bonds is 5. The quantitative estimate of drug-likeness (QED) is 0.321. The van der Waals surface area contributed by atoms with Crippen molar-refractivity contribution in [2.24, 2.45) is 0 Å². The lowest BCUT2D eigenvalue weighted by Gasteiger charge is -2.26. The number of benzene rings is 3. The molecule has 1 unspecified atom stereocenters. The highest BCUT2D eigenvalue weighted by molar-refractivity contribution is 6.51. The number of halogens is 1. The highest BCUT2D eigenvalue weighted by Crippen LogP contribution is 2.43. The number of Topliss-reactive ketones (excluding diaryl/α,β-unsaturated/α-hetero) is 1. The molecule has 3 aromatic carbocycles. The normalized spacial score (nSPS) is 17.5. The molecule has 33 heavy (non-hydrogen) atoms. The minimum absolute atomic E-state index is 0.0431. The molecule has 6 heteroatoms. The molecule has 1 heterocycles. The number of aliphatic hydroxyl groups excluding tert-OH is 1. The fraction of sp³-hybridized carbons (Fsp3) is 0.185. The molecule has 0 saturated carbocycles. The van der Waals surface area contributed by atoms with E-state index in [-0.39, 0.29) is 11.3 Å². The van der Waals surface area contributed by atoms with E-state index < -0.39 is 23.5 Å². The molecule has 1 aliphatic heterocycles. The van der Waals surface area contributed by atoms with Gasteiger partial charge in [0.1, 0.15) is 17.3 Å². The van der Waals surface area contributed by atoms with Crippen LogP contribution in [0.3, 0.4) is 0 Å². The lowest BCUT2D eigenvalue weighted by atomic mass is 9.94. The number of nitrogens with zero attached hydrogens (tertiary/aromatic N) is 1. The topological polar surface area (TPSA) is 66.8 Å². The van der Waals surface area contributed by atoms with E-state index in [1.165, 1.54) is 29.2 Å². The summed E-state index contributed by atoms with van der Waals surface area (Å²) in [6.45, 7) is 6.05. The zero-order valence-electron chi connectivity index (χ0n) is 18.6. The van der Waals surface area contributed by atoms with E-state index in [4.69, 9.17) is 4.74 Å². The van der Waals surface area contributed by atoms with Crippen molar-refractivity contribution in [3.63, 3.8) is 0 Å². The van der Waals surface area contributed by atoms with Crippen LogP contribution in [0.1, 0.15) is 35.2 Å². The summed E-state index contributed by atoms with van der Waals surface area (Å²) in [6, 6.07) is 17.0. The predicted octanol–water partition coefficient (Wildman–Crippen LogP) is 5.47. The molecule has 5 nitrogen and oxygen atoms in total. The van der Waals surface area contributed by atoms with Gasteiger partial charge in [-0.3, -0.25) is 14.5 Å². The maximum atomic E-state index is 13.7. The number of anilines is 1. The smallest absolute Gasteiger partial charge is 0.300 e. The Kier molecular flexibility index (Phi) is 6.01. The number of ketones is 1. The van der Waals surface area contributed by atoms with Crippen molar-refractivity contribution in [3.8, 4) is 5.75 Å². The summed E-state index contributed by atoms with van der Waals surface area (Å²) in [5.41, 5.74) is 3.00. The fourth-order valence-electron chi connectivity index (χ4n) is 4.14. The maximum Gasteiger partial charge on any atom is 0.300 e. The Labute approximate surface area is 191 Å². The number of aliphatic hydroxyl groups is 1. The minimum atomic E-state index is -0.904. The van der Waals surface area contributed by atoms with Crippen LogP contribution in [0.15, 0.2) is 72.3 Å². The summed E-state index contributed by atoms with van der Waals surface area (Å²) in [7, 11) is 0. The summed E-state index contributed by atoms with van der Waals surface area (Å²) in [5, 5.41) is 11.2. The standard InChI is InChI=1S/C27H24FNO4/c1-4-33-22-14-11-19(15-17(22)3)25(30)23-24(18-9-12-20(28)13-10-18)29(27(32)26(23)31)21-8-6-5-7-16(21)2/h5-15,24,30H,4H2,1-3H3/b25-23-. The Morgan fingerprint density at radius 3 is 2.33 bits per heavy atom. The first kappa shape index (κ1) is 22.3. The molecule has 1 aliphatic rings. The van der Waals surface area contributed by atoms with Crippen molar-refractivity contribution < 1.29 is 23.8 Å². The summed E-state index contributed by atoms with van der Waals surface area (Å²) in [4.78, 5) is 27.8. The van der Waals surface area contributed by atoms with Crippen molar-refractivity contribution in [1.82, 2.24) is 0 Å². The summed E-state index contributed by atoms with van der Waals surface area (Å²) >= 11 is 0. The van der Waals surface area contributed by atoms with E-state index in [1.807, 2.05) is 32.9 Å². The first-order valence-corrected chi connectivity index (χ1v) is 10.7. The van der Waals surface area contributed by atoms with Crippen LogP contribution in [0.5, 0.6) is 5.75 Å². The molecule has 1 amide bonds. The molecule has 1 saturated heterocycles. The Morgan fingerprint density at radius 2 is 1.70 bits per heavy atom. The SMILES string of the molecule is CCOc1ccc(/C(O)=C2/C(=O)C(=O)N(c3ccccc3C)C2c2ccc(F)cc2)cc1C. The largest absolute Gasteiger partial charge is 0.507 e. The molecule has 0 bridgehead atoms. The lowest BCUT2D eigenvalue weighted by molar-refractivity contribution is -0.132. The van der Waals surface area contributed by atoms with Gasteiger partial charge in [-0.1, -0.05) is 30.3 Å². The van der Waals surface area contributed by atoms with E-state index in [1.54, 1.807) is 30.3 Å². The second kappa shape index (κ2) is 8.90. The third-order valence-corrected chi connectivity index (χ3v) is 5.75. The number of aryl methyl sites for hydroxylation is 2. The summed E-state index contributed by atoms with van der Waals surface area (Å²) in [5.74, 6) is -1.59. The number of para-hydroxylation sites is 1. The van der Waals surface area contributed by atoms with Crippen LogP contribution in [0, 0.1) is 19.7 Å². The van der Waals surface area contributed by atoms with Crippen LogP contribution in [0.2, 0.25) is 0 Å². The van der Waals surface area contributed by atoms with Gasteiger partial charge in [0.15, 0.2) is 0 Å². The molecule has 1 atom stereocenters. The van der Waals surface area contributed by atoms with Crippen molar-refractivity contribution in [3.05, 3.63) is 100 Å². The molecule has 168 valence electrons. The maximum absolute atomic E-state index is 13.7. The predicted molar refractivity (Wildman–Crippen MR) is 125 cm³/mol. The zero-order valence-corrected chi connectivity index (χ0v) is 18.6. The second-order valence-electron chi connectivity index (χ2n) is 7.92. The van der Waals surface area contributed by atoms with Gasteiger partial charge < -0.3 is 9.84 Å². The molecular formula is C27H24FNO4. The molecule has 0 aromatic heterocycles. The summed E-state index contributed by atoms with van der Waals surface area (Å²) in [6.07, 6.45) is 0. The number of hydrogen-bond donors (Lipinski definition) is 1. The van der Waals surface area contributed by atoms with Gasteiger partial charge >= 0.3 is 0 Å². The molecular weight excluding hydrogens is 421 g/mol. The molecule has 0 aliphatic carbocycles. The highest BCUT2D eigenvalue weighted by atomic mass is 19.1. The van der Waals surface area contributed by atoms with Crippen LogP contribution < -0.4 is 9.64 Å². The second-order valence-corrected chi connectivity index (χ2v) is 7.92. The summed E-state index contributed by atoms with van der Waals surface area (Å²) < 4.78 is 19.2. The lowest BCUT2D eigenvalue weighted by Crippen LogP contribution is -2.30. The average Bonchev–Trinajstić information content (AvgIpc) is 3.06. The van der Waals surface area contributed by atoms with Gasteiger partial charge in [0.25, 0.3) is 11.7 Å². The Balaban J connectivity index is 1.93.